The van der Waals surface area contributed by atoms with Crippen molar-refractivity contribution < 1.29 is 13.9 Å². The van der Waals surface area contributed by atoms with Crippen molar-refractivity contribution in [3.63, 3.8) is 0 Å². The number of furan rings is 1. The molecule has 0 aliphatic carbocycles. The molecule has 10 heteroatoms. The molecule has 5 aromatic rings. The zero-order valence-corrected chi connectivity index (χ0v) is 20.9. The number of halogens is 2. The summed E-state index contributed by atoms with van der Waals surface area (Å²) in [5.74, 6) is 0.855. The number of benzene rings is 2. The van der Waals surface area contributed by atoms with Crippen molar-refractivity contribution in [1.29, 1.82) is 0 Å². The molecule has 0 saturated carbocycles. The van der Waals surface area contributed by atoms with E-state index in [9.17, 15) is 9.50 Å². The monoisotopic (exact) mass is 553 g/mol. The third kappa shape index (κ3) is 4.22. The second-order valence-electron chi connectivity index (χ2n) is 8.35. The van der Waals surface area contributed by atoms with Crippen LogP contribution in [0.3, 0.4) is 0 Å². The number of piperazine rings is 1. The molecule has 1 aliphatic rings. The first-order valence-corrected chi connectivity index (χ1v) is 12.8. The fourth-order valence-corrected chi connectivity index (χ4v) is 5.88. The van der Waals surface area contributed by atoms with Crippen LogP contribution in [0.2, 0.25) is 0 Å². The Morgan fingerprint density at radius 1 is 1.00 bits per heavy atom. The Morgan fingerprint density at radius 3 is 2.40 bits per heavy atom. The lowest BCUT2D eigenvalue weighted by Crippen LogP contribution is -2.47. The van der Waals surface area contributed by atoms with Gasteiger partial charge in [-0.2, -0.15) is 9.50 Å². The van der Waals surface area contributed by atoms with Crippen molar-refractivity contribution in [3.8, 4) is 17.5 Å². The van der Waals surface area contributed by atoms with Crippen molar-refractivity contribution in [2.75, 3.05) is 31.1 Å². The molecule has 7 nitrogen and oxygen atoms in total. The number of aromatic hydroxyl groups is 1. The Hall–Kier alpha value is -3.21. The van der Waals surface area contributed by atoms with Gasteiger partial charge in [0.05, 0.1) is 17.2 Å². The van der Waals surface area contributed by atoms with Gasteiger partial charge in [0.2, 0.25) is 16.7 Å². The van der Waals surface area contributed by atoms with Gasteiger partial charge in [-0.15, -0.1) is 5.10 Å². The second kappa shape index (κ2) is 9.10. The van der Waals surface area contributed by atoms with E-state index in [2.05, 4.69) is 47.9 Å². The number of anilines is 1. The molecule has 1 atom stereocenters. The number of aromatic nitrogens is 3. The number of nitrogens with zero attached hydrogens (tertiary/aromatic N) is 5. The summed E-state index contributed by atoms with van der Waals surface area (Å²) in [6.45, 7) is 3.15. The summed E-state index contributed by atoms with van der Waals surface area (Å²) in [4.78, 5) is 10.6. The highest BCUT2D eigenvalue weighted by atomic mass is 79.9. The van der Waals surface area contributed by atoms with E-state index >= 15 is 0 Å². The Balaban J connectivity index is 1.33. The van der Waals surface area contributed by atoms with E-state index in [0.29, 0.717) is 16.5 Å². The predicted molar refractivity (Wildman–Crippen MR) is 136 cm³/mol. The highest BCUT2D eigenvalue weighted by Gasteiger charge is 2.32. The Bertz CT molecular complexity index is 1440. The van der Waals surface area contributed by atoms with Gasteiger partial charge < -0.3 is 14.4 Å². The van der Waals surface area contributed by atoms with Gasteiger partial charge in [0.15, 0.2) is 5.76 Å². The molecule has 1 aliphatic heterocycles. The maximum atomic E-state index is 13.4. The van der Waals surface area contributed by atoms with E-state index in [4.69, 9.17) is 4.42 Å². The van der Waals surface area contributed by atoms with Gasteiger partial charge in [-0.1, -0.05) is 39.4 Å². The molecule has 0 radical (unpaired) electrons. The molecule has 1 unspecified atom stereocenters. The molecule has 2 aromatic carbocycles. The molecule has 3 aromatic heterocycles. The molecule has 1 N–H and O–H groups in total. The minimum Gasteiger partial charge on any atom is -0.492 e. The molecule has 0 amide bonds. The number of hydrogen-bond donors (Lipinski definition) is 1. The van der Waals surface area contributed by atoms with Gasteiger partial charge in [0.1, 0.15) is 5.82 Å². The van der Waals surface area contributed by atoms with Crippen LogP contribution in [0.5, 0.6) is 5.88 Å². The minimum absolute atomic E-state index is 0.0872. The molecular formula is C25H21BrFN5O2S. The second-order valence-corrected chi connectivity index (χ2v) is 10.3. The van der Waals surface area contributed by atoms with Gasteiger partial charge in [0, 0.05) is 36.3 Å². The molecule has 6 rings (SSSR count). The standard InChI is InChI=1S/C25H21BrFN5O2S/c26-17-5-3-16(4-6-17)21(31-13-11-30(12-14-31)19-9-7-18(27)8-10-19)22-24(33)32-25(35-22)28-23(29-32)20-2-1-15-34-20/h1-10,15,21,33H,11-14H2. The number of rotatable bonds is 5. The predicted octanol–water partition coefficient (Wildman–Crippen LogP) is 5.57. The molecule has 178 valence electrons. The molecule has 1 saturated heterocycles. The molecule has 35 heavy (non-hydrogen) atoms. The highest BCUT2D eigenvalue weighted by molar-refractivity contribution is 9.10. The van der Waals surface area contributed by atoms with E-state index in [-0.39, 0.29) is 17.7 Å². The van der Waals surface area contributed by atoms with E-state index < -0.39 is 0 Å². The summed E-state index contributed by atoms with van der Waals surface area (Å²) < 4.78 is 21.3. The van der Waals surface area contributed by atoms with Crippen molar-refractivity contribution in [3.05, 3.63) is 87.7 Å². The van der Waals surface area contributed by atoms with Gasteiger partial charge in [0.25, 0.3) is 0 Å². The van der Waals surface area contributed by atoms with E-state index in [1.54, 1.807) is 18.4 Å². The quantitative estimate of drug-likeness (QED) is 0.307. The van der Waals surface area contributed by atoms with Crippen LogP contribution in [0.4, 0.5) is 10.1 Å². The summed E-state index contributed by atoms with van der Waals surface area (Å²) in [6, 6.07) is 18.2. The van der Waals surface area contributed by atoms with Crippen LogP contribution in [0, 0.1) is 5.82 Å². The van der Waals surface area contributed by atoms with Gasteiger partial charge in [-0.05, 0) is 54.1 Å². The topological polar surface area (TPSA) is 70.0 Å². The van der Waals surface area contributed by atoms with Gasteiger partial charge in [-0.3, -0.25) is 4.90 Å². The SMILES string of the molecule is Oc1c(C(c2ccc(Br)cc2)N2CCN(c3ccc(F)cc3)CC2)sc2nc(-c3ccco3)nn12. The van der Waals surface area contributed by atoms with Crippen LogP contribution < -0.4 is 4.90 Å². The molecule has 4 heterocycles. The lowest BCUT2D eigenvalue weighted by Gasteiger charge is -2.40. The van der Waals surface area contributed by atoms with Crippen LogP contribution in [-0.4, -0.2) is 50.8 Å². The van der Waals surface area contributed by atoms with Gasteiger partial charge >= 0.3 is 0 Å². The number of fused-ring (bicyclic) bond motifs is 1. The molecular weight excluding hydrogens is 533 g/mol. The van der Waals surface area contributed by atoms with E-state index in [1.165, 1.54) is 28.0 Å². The fourth-order valence-electron chi connectivity index (χ4n) is 4.50. The van der Waals surface area contributed by atoms with Crippen LogP contribution in [0.25, 0.3) is 16.5 Å². The minimum atomic E-state index is -0.232. The van der Waals surface area contributed by atoms with Crippen LogP contribution >= 0.6 is 27.3 Å². The van der Waals surface area contributed by atoms with Crippen molar-refractivity contribution in [2.24, 2.45) is 0 Å². The average Bonchev–Trinajstić information content (AvgIpc) is 3.61. The Kier molecular flexibility index (Phi) is 5.79. The highest BCUT2D eigenvalue weighted by Crippen LogP contribution is 2.41. The van der Waals surface area contributed by atoms with Crippen molar-refractivity contribution in [1.82, 2.24) is 19.5 Å². The Labute approximate surface area is 213 Å². The molecule has 0 spiro atoms. The van der Waals surface area contributed by atoms with E-state index in [1.807, 2.05) is 24.3 Å². The number of hydrogen-bond acceptors (Lipinski definition) is 7. The van der Waals surface area contributed by atoms with Crippen LogP contribution in [0.1, 0.15) is 16.5 Å². The van der Waals surface area contributed by atoms with Crippen molar-refractivity contribution in [2.45, 2.75) is 6.04 Å². The summed E-state index contributed by atoms with van der Waals surface area (Å²) in [7, 11) is 0. The van der Waals surface area contributed by atoms with Crippen LogP contribution in [-0.2, 0) is 0 Å². The third-order valence-corrected chi connectivity index (χ3v) is 7.85. The first-order valence-electron chi connectivity index (χ1n) is 11.2. The lowest BCUT2D eigenvalue weighted by molar-refractivity contribution is 0.211. The fraction of sp³-hybridized carbons (Fsp3) is 0.200. The lowest BCUT2D eigenvalue weighted by atomic mass is 10.0. The van der Waals surface area contributed by atoms with E-state index in [0.717, 1.165) is 46.8 Å². The Morgan fingerprint density at radius 2 is 1.74 bits per heavy atom. The normalized spacial score (nSPS) is 15.7. The maximum Gasteiger partial charge on any atom is 0.230 e. The van der Waals surface area contributed by atoms with Crippen molar-refractivity contribution >= 4 is 37.9 Å². The third-order valence-electron chi connectivity index (χ3n) is 6.25. The summed E-state index contributed by atoms with van der Waals surface area (Å²) in [6.07, 6.45) is 1.57. The summed E-state index contributed by atoms with van der Waals surface area (Å²) >= 11 is 4.95. The first kappa shape index (κ1) is 22.3. The summed E-state index contributed by atoms with van der Waals surface area (Å²) in [5, 5.41) is 15.7. The zero-order valence-electron chi connectivity index (χ0n) is 18.5. The zero-order chi connectivity index (χ0) is 23.9. The molecule has 1 fully saturated rings. The maximum absolute atomic E-state index is 13.4. The number of thiazole rings is 1. The molecule has 0 bridgehead atoms. The smallest absolute Gasteiger partial charge is 0.230 e. The average molecular weight is 554 g/mol. The largest absolute Gasteiger partial charge is 0.492 e. The van der Waals surface area contributed by atoms with Gasteiger partial charge in [-0.25, -0.2) is 4.39 Å². The van der Waals surface area contributed by atoms with Crippen LogP contribution in [0.15, 0.2) is 75.8 Å². The first-order chi connectivity index (χ1) is 17.1. The summed E-state index contributed by atoms with van der Waals surface area (Å²) in [5.41, 5.74) is 2.09.